The monoisotopic (exact) mass is 297 g/mol. The van der Waals surface area contributed by atoms with E-state index in [1.54, 1.807) is 17.2 Å². The Labute approximate surface area is 132 Å². The fraction of sp³-hybridized carbons (Fsp3) is 0.368. The molecule has 0 aromatic heterocycles. The predicted molar refractivity (Wildman–Crippen MR) is 89.2 cm³/mol. The van der Waals surface area contributed by atoms with Gasteiger partial charge >= 0.3 is 0 Å². The van der Waals surface area contributed by atoms with Crippen molar-refractivity contribution in [1.82, 2.24) is 4.90 Å². The van der Waals surface area contributed by atoms with Crippen LogP contribution in [0.4, 0.5) is 0 Å². The Hall–Kier alpha value is -2.16. The van der Waals surface area contributed by atoms with E-state index in [1.807, 2.05) is 51.1 Å². The number of carbonyl (C=O) groups excluding carboxylic acids is 2. The molecule has 1 aliphatic heterocycles. The number of amides is 1. The number of Topliss-reactive ketones (excluding diaryl/α,β-unsaturated/α-hetero) is 1. The summed E-state index contributed by atoms with van der Waals surface area (Å²) >= 11 is 0. The third-order valence-corrected chi connectivity index (χ3v) is 3.94. The number of benzene rings is 1. The lowest BCUT2D eigenvalue weighted by Crippen LogP contribution is -2.33. The predicted octanol–water partition coefficient (Wildman–Crippen LogP) is 3.77. The number of nitrogens with zero attached hydrogens (tertiary/aromatic N) is 1. The van der Waals surface area contributed by atoms with Crippen LogP contribution in [0.25, 0.3) is 6.08 Å². The highest BCUT2D eigenvalue weighted by Crippen LogP contribution is 2.32. The Bertz CT molecular complexity index is 623. The van der Waals surface area contributed by atoms with Gasteiger partial charge in [-0.05, 0) is 17.2 Å². The quantitative estimate of drug-likeness (QED) is 0.793. The number of hydrogen-bond donors (Lipinski definition) is 0. The summed E-state index contributed by atoms with van der Waals surface area (Å²) in [5.74, 6) is -0.377. The van der Waals surface area contributed by atoms with Gasteiger partial charge in [0.05, 0.1) is 5.92 Å². The lowest BCUT2D eigenvalue weighted by Gasteiger charge is -2.25. The van der Waals surface area contributed by atoms with E-state index in [-0.39, 0.29) is 18.1 Å². The molecule has 0 aliphatic carbocycles. The van der Waals surface area contributed by atoms with Gasteiger partial charge in [0.2, 0.25) is 5.91 Å². The fourth-order valence-corrected chi connectivity index (χ4v) is 2.54. The molecular formula is C19H23NO2. The first-order valence-electron chi connectivity index (χ1n) is 7.56. The molecule has 1 aromatic carbocycles. The molecule has 116 valence electrons. The van der Waals surface area contributed by atoms with Crippen LogP contribution in [0.2, 0.25) is 0 Å². The molecule has 0 fully saturated rings. The zero-order chi connectivity index (χ0) is 16.3. The van der Waals surface area contributed by atoms with Crippen molar-refractivity contribution in [2.45, 2.75) is 33.1 Å². The maximum absolute atomic E-state index is 12.8. The van der Waals surface area contributed by atoms with E-state index in [0.29, 0.717) is 6.54 Å². The van der Waals surface area contributed by atoms with Crippen LogP contribution in [0.5, 0.6) is 0 Å². The summed E-state index contributed by atoms with van der Waals surface area (Å²) in [5.41, 5.74) is 1.47. The molecule has 0 bridgehead atoms. The summed E-state index contributed by atoms with van der Waals surface area (Å²) in [6.07, 6.45) is 5.64. The maximum Gasteiger partial charge on any atom is 0.234 e. The number of carbonyl (C=O) groups is 2. The van der Waals surface area contributed by atoms with E-state index < -0.39 is 11.3 Å². The highest BCUT2D eigenvalue weighted by molar-refractivity contribution is 5.94. The van der Waals surface area contributed by atoms with E-state index in [2.05, 4.69) is 6.58 Å². The molecule has 22 heavy (non-hydrogen) atoms. The lowest BCUT2D eigenvalue weighted by molar-refractivity contribution is -0.134. The number of ketones is 1. The van der Waals surface area contributed by atoms with Gasteiger partial charge in [-0.1, -0.05) is 51.1 Å². The molecule has 0 saturated carbocycles. The van der Waals surface area contributed by atoms with Gasteiger partial charge in [0, 0.05) is 24.6 Å². The van der Waals surface area contributed by atoms with Crippen LogP contribution < -0.4 is 0 Å². The van der Waals surface area contributed by atoms with Crippen molar-refractivity contribution in [2.75, 3.05) is 6.54 Å². The molecule has 0 spiro atoms. The molecule has 2 rings (SSSR count). The van der Waals surface area contributed by atoms with Crippen LogP contribution in [0.1, 0.15) is 44.2 Å². The molecule has 1 amide bonds. The molecule has 3 nitrogen and oxygen atoms in total. The first-order chi connectivity index (χ1) is 10.3. The molecule has 0 saturated heterocycles. The van der Waals surface area contributed by atoms with Crippen molar-refractivity contribution in [1.29, 1.82) is 0 Å². The molecule has 1 aliphatic rings. The molecule has 1 unspecified atom stereocenters. The standard InChI is InChI=1S/C19H23NO2/c1-5-11-20-12-10-14-8-6-7-9-15(14)16(18(20)22)13-17(21)19(2,3)4/h5-10,12,16H,1,11,13H2,2-4H3. The minimum Gasteiger partial charge on any atom is -0.315 e. The average Bonchev–Trinajstić information content (AvgIpc) is 2.59. The zero-order valence-electron chi connectivity index (χ0n) is 13.5. The molecule has 1 aromatic rings. The van der Waals surface area contributed by atoms with Gasteiger partial charge in [-0.2, -0.15) is 0 Å². The second-order valence-corrected chi connectivity index (χ2v) is 6.65. The maximum atomic E-state index is 12.8. The van der Waals surface area contributed by atoms with Gasteiger partial charge in [-0.3, -0.25) is 9.59 Å². The summed E-state index contributed by atoms with van der Waals surface area (Å²) in [5, 5.41) is 0. The molecule has 1 heterocycles. The van der Waals surface area contributed by atoms with Gasteiger partial charge in [0.25, 0.3) is 0 Å². The molecule has 1 atom stereocenters. The highest BCUT2D eigenvalue weighted by atomic mass is 16.2. The summed E-state index contributed by atoms with van der Waals surface area (Å²) in [6.45, 7) is 9.82. The zero-order valence-corrected chi connectivity index (χ0v) is 13.5. The first kappa shape index (κ1) is 16.2. The smallest absolute Gasteiger partial charge is 0.234 e. The molecule has 3 heteroatoms. The third kappa shape index (κ3) is 3.35. The van der Waals surface area contributed by atoms with Crippen LogP contribution in [0.3, 0.4) is 0 Å². The minimum atomic E-state index is -0.446. The van der Waals surface area contributed by atoms with Crippen LogP contribution in [-0.2, 0) is 9.59 Å². The van der Waals surface area contributed by atoms with Crippen molar-refractivity contribution in [3.8, 4) is 0 Å². The largest absolute Gasteiger partial charge is 0.315 e. The van der Waals surface area contributed by atoms with Crippen molar-refractivity contribution >= 4 is 17.8 Å². The number of hydrogen-bond acceptors (Lipinski definition) is 2. The van der Waals surface area contributed by atoms with Gasteiger partial charge < -0.3 is 4.90 Å². The summed E-state index contributed by atoms with van der Waals surface area (Å²) in [7, 11) is 0. The van der Waals surface area contributed by atoms with E-state index in [4.69, 9.17) is 0 Å². The Kier molecular flexibility index (Phi) is 4.65. The fourth-order valence-electron chi connectivity index (χ4n) is 2.54. The van der Waals surface area contributed by atoms with E-state index in [9.17, 15) is 9.59 Å². The van der Waals surface area contributed by atoms with Gasteiger partial charge in [0.1, 0.15) is 5.78 Å². The van der Waals surface area contributed by atoms with Crippen molar-refractivity contribution in [3.05, 3.63) is 54.2 Å². The van der Waals surface area contributed by atoms with Crippen LogP contribution >= 0.6 is 0 Å². The Morgan fingerprint density at radius 2 is 2.00 bits per heavy atom. The summed E-state index contributed by atoms with van der Waals surface area (Å²) in [4.78, 5) is 26.9. The number of fused-ring (bicyclic) bond motifs is 1. The Morgan fingerprint density at radius 3 is 2.64 bits per heavy atom. The van der Waals surface area contributed by atoms with E-state index >= 15 is 0 Å². The minimum absolute atomic E-state index is 0.0429. The van der Waals surface area contributed by atoms with Gasteiger partial charge in [-0.25, -0.2) is 0 Å². The van der Waals surface area contributed by atoms with Crippen LogP contribution in [-0.4, -0.2) is 23.1 Å². The summed E-state index contributed by atoms with van der Waals surface area (Å²) < 4.78 is 0. The van der Waals surface area contributed by atoms with Gasteiger partial charge in [0.15, 0.2) is 0 Å². The summed E-state index contributed by atoms with van der Waals surface area (Å²) in [6, 6.07) is 7.78. The second kappa shape index (κ2) is 6.30. The Balaban J connectivity index is 2.41. The highest BCUT2D eigenvalue weighted by Gasteiger charge is 2.33. The van der Waals surface area contributed by atoms with Gasteiger partial charge in [-0.15, -0.1) is 6.58 Å². The van der Waals surface area contributed by atoms with E-state index in [1.165, 1.54) is 0 Å². The van der Waals surface area contributed by atoms with Crippen molar-refractivity contribution in [3.63, 3.8) is 0 Å². The molecule has 0 radical (unpaired) electrons. The van der Waals surface area contributed by atoms with E-state index in [0.717, 1.165) is 11.1 Å². The molecular weight excluding hydrogens is 274 g/mol. The second-order valence-electron chi connectivity index (χ2n) is 6.65. The van der Waals surface area contributed by atoms with Crippen LogP contribution in [0, 0.1) is 5.41 Å². The normalized spacial score (nSPS) is 17.9. The first-order valence-corrected chi connectivity index (χ1v) is 7.56. The number of rotatable bonds is 4. The van der Waals surface area contributed by atoms with Crippen molar-refractivity contribution in [2.24, 2.45) is 5.41 Å². The third-order valence-electron chi connectivity index (χ3n) is 3.94. The average molecular weight is 297 g/mol. The van der Waals surface area contributed by atoms with Crippen LogP contribution in [0.15, 0.2) is 43.1 Å². The Morgan fingerprint density at radius 1 is 1.32 bits per heavy atom. The SMILES string of the molecule is C=CCN1C=Cc2ccccc2C(CC(=O)C(C)(C)C)C1=O. The topological polar surface area (TPSA) is 37.4 Å². The molecule has 0 N–H and O–H groups in total. The van der Waals surface area contributed by atoms with Crippen molar-refractivity contribution < 1.29 is 9.59 Å². The lowest BCUT2D eigenvalue weighted by atomic mass is 9.81.